The minimum atomic E-state index is -4.25. The van der Waals surface area contributed by atoms with E-state index in [-0.39, 0.29) is 38.1 Å². The molecule has 144 valence electrons. The molecule has 0 radical (unpaired) electrons. The van der Waals surface area contributed by atoms with Gasteiger partial charge in [-0.15, -0.1) is 0 Å². The summed E-state index contributed by atoms with van der Waals surface area (Å²) < 4.78 is 57.4. The molecule has 0 aliphatic rings. The first kappa shape index (κ1) is 23.3. The van der Waals surface area contributed by atoms with E-state index >= 15 is 0 Å². The SMILES string of the molecule is CCC(COCOC)CC(=O)[C@H](OCOC)[C@@H](C)CCC(F)(F)F. The lowest BCUT2D eigenvalue weighted by Gasteiger charge is -2.25. The molecule has 0 saturated carbocycles. The molecule has 1 unspecified atom stereocenters. The lowest BCUT2D eigenvalue weighted by atomic mass is 9.90. The number of carbonyl (C=O) groups excluding carboxylic acids is 1. The third kappa shape index (κ3) is 11.0. The number of ether oxygens (including phenoxy) is 4. The number of carbonyl (C=O) groups is 1. The predicted octanol–water partition coefficient (Wildman–Crippen LogP) is 3.56. The van der Waals surface area contributed by atoms with Gasteiger partial charge in [-0.1, -0.05) is 20.3 Å². The Bertz CT molecular complexity index is 336. The zero-order chi connectivity index (χ0) is 18.6. The van der Waals surface area contributed by atoms with E-state index in [4.69, 9.17) is 18.9 Å². The molecular weight excluding hydrogens is 329 g/mol. The molecule has 5 nitrogen and oxygen atoms in total. The number of ketones is 1. The highest BCUT2D eigenvalue weighted by atomic mass is 19.4. The van der Waals surface area contributed by atoms with Gasteiger partial charge in [0.1, 0.15) is 19.7 Å². The number of rotatable bonds is 14. The first-order valence-corrected chi connectivity index (χ1v) is 8.01. The van der Waals surface area contributed by atoms with E-state index in [1.807, 2.05) is 6.92 Å². The Labute approximate surface area is 141 Å². The second-order valence-corrected chi connectivity index (χ2v) is 5.85. The van der Waals surface area contributed by atoms with E-state index in [0.717, 1.165) is 0 Å². The summed E-state index contributed by atoms with van der Waals surface area (Å²) in [5, 5.41) is 0. The zero-order valence-electron chi connectivity index (χ0n) is 14.9. The highest BCUT2D eigenvalue weighted by Gasteiger charge is 2.32. The summed E-state index contributed by atoms with van der Waals surface area (Å²) in [7, 11) is 2.90. The fourth-order valence-corrected chi connectivity index (χ4v) is 2.28. The van der Waals surface area contributed by atoms with E-state index in [9.17, 15) is 18.0 Å². The molecule has 0 aliphatic heterocycles. The van der Waals surface area contributed by atoms with Crippen LogP contribution in [0.4, 0.5) is 13.2 Å². The predicted molar refractivity (Wildman–Crippen MR) is 82.4 cm³/mol. The lowest BCUT2D eigenvalue weighted by molar-refractivity contribution is -0.154. The molecule has 24 heavy (non-hydrogen) atoms. The Morgan fingerprint density at radius 1 is 1.12 bits per heavy atom. The topological polar surface area (TPSA) is 54.0 Å². The molecule has 0 saturated heterocycles. The van der Waals surface area contributed by atoms with Crippen molar-refractivity contribution in [3.63, 3.8) is 0 Å². The van der Waals surface area contributed by atoms with Crippen LogP contribution in [0.25, 0.3) is 0 Å². The zero-order valence-corrected chi connectivity index (χ0v) is 14.9. The van der Waals surface area contributed by atoms with Crippen LogP contribution in [0.1, 0.15) is 39.5 Å². The smallest absolute Gasteiger partial charge is 0.359 e. The molecule has 0 bridgehead atoms. The van der Waals surface area contributed by atoms with Crippen molar-refractivity contribution in [1.82, 2.24) is 0 Å². The first-order valence-electron chi connectivity index (χ1n) is 8.01. The number of hydrogen-bond acceptors (Lipinski definition) is 5. The summed E-state index contributed by atoms with van der Waals surface area (Å²) in [6.07, 6.45) is -5.37. The Morgan fingerprint density at radius 2 is 1.75 bits per heavy atom. The van der Waals surface area contributed by atoms with E-state index in [1.54, 1.807) is 6.92 Å². The summed E-state index contributed by atoms with van der Waals surface area (Å²) in [5.74, 6) is -0.808. The Kier molecular flexibility index (Phi) is 12.3. The van der Waals surface area contributed by atoms with Crippen molar-refractivity contribution in [2.75, 3.05) is 34.4 Å². The average Bonchev–Trinajstić information content (AvgIpc) is 2.51. The van der Waals surface area contributed by atoms with Gasteiger partial charge in [0.05, 0.1) is 6.61 Å². The van der Waals surface area contributed by atoms with Gasteiger partial charge >= 0.3 is 6.18 Å². The van der Waals surface area contributed by atoms with Crippen molar-refractivity contribution in [1.29, 1.82) is 0 Å². The van der Waals surface area contributed by atoms with Crippen molar-refractivity contribution in [3.8, 4) is 0 Å². The molecule has 0 heterocycles. The minimum absolute atomic E-state index is 0.0314. The minimum Gasteiger partial charge on any atom is -0.359 e. The molecule has 0 spiro atoms. The van der Waals surface area contributed by atoms with Gasteiger partial charge in [-0.3, -0.25) is 4.79 Å². The number of alkyl halides is 3. The molecule has 0 amide bonds. The van der Waals surface area contributed by atoms with E-state index in [1.165, 1.54) is 14.2 Å². The molecule has 8 heteroatoms. The van der Waals surface area contributed by atoms with Crippen LogP contribution in [0, 0.1) is 11.8 Å². The van der Waals surface area contributed by atoms with Gasteiger partial charge in [0.25, 0.3) is 0 Å². The van der Waals surface area contributed by atoms with Crippen LogP contribution in [0.2, 0.25) is 0 Å². The molecule has 0 aromatic carbocycles. The second kappa shape index (κ2) is 12.6. The van der Waals surface area contributed by atoms with E-state index in [2.05, 4.69) is 0 Å². The van der Waals surface area contributed by atoms with Crippen molar-refractivity contribution in [2.45, 2.75) is 51.8 Å². The quantitative estimate of drug-likeness (QED) is 0.351. The average molecular weight is 358 g/mol. The highest BCUT2D eigenvalue weighted by molar-refractivity contribution is 5.83. The third-order valence-electron chi connectivity index (χ3n) is 3.70. The fourth-order valence-electron chi connectivity index (χ4n) is 2.28. The van der Waals surface area contributed by atoms with Crippen molar-refractivity contribution < 1.29 is 36.9 Å². The van der Waals surface area contributed by atoms with Crippen LogP contribution in [0.3, 0.4) is 0 Å². The van der Waals surface area contributed by atoms with Gasteiger partial charge in [0.15, 0.2) is 5.78 Å². The van der Waals surface area contributed by atoms with Crippen molar-refractivity contribution in [3.05, 3.63) is 0 Å². The maximum absolute atomic E-state index is 12.5. The molecular formula is C16H29F3O5. The standard InChI is InChI=1S/C16H29F3O5/c1-5-13(9-23-10-21-3)8-14(20)15(24-11-22-4)12(2)6-7-16(17,18)19/h12-13,15H,5-11H2,1-4H3/t12-,13?,15+/m0/s1. The number of hydrogen-bond donors (Lipinski definition) is 0. The fraction of sp³-hybridized carbons (Fsp3) is 0.938. The van der Waals surface area contributed by atoms with E-state index < -0.39 is 24.6 Å². The highest BCUT2D eigenvalue weighted by Crippen LogP contribution is 2.27. The van der Waals surface area contributed by atoms with Crippen LogP contribution in [-0.2, 0) is 23.7 Å². The molecule has 0 rings (SSSR count). The molecule has 0 N–H and O–H groups in total. The summed E-state index contributed by atoms with van der Waals surface area (Å²) >= 11 is 0. The lowest BCUT2D eigenvalue weighted by Crippen LogP contribution is -2.34. The summed E-state index contributed by atoms with van der Waals surface area (Å²) in [4.78, 5) is 12.5. The second-order valence-electron chi connectivity index (χ2n) is 5.85. The molecule has 0 aromatic rings. The number of Topliss-reactive ketones (excluding diaryl/α,β-unsaturated/α-hetero) is 1. The van der Waals surface area contributed by atoms with Crippen LogP contribution >= 0.6 is 0 Å². The Morgan fingerprint density at radius 3 is 2.25 bits per heavy atom. The maximum Gasteiger partial charge on any atom is 0.389 e. The summed E-state index contributed by atoms with van der Waals surface area (Å²) in [5.41, 5.74) is 0. The van der Waals surface area contributed by atoms with Gasteiger partial charge in [-0.05, 0) is 18.3 Å². The van der Waals surface area contributed by atoms with Gasteiger partial charge in [0, 0.05) is 27.1 Å². The van der Waals surface area contributed by atoms with E-state index in [0.29, 0.717) is 13.0 Å². The first-order chi connectivity index (χ1) is 11.2. The third-order valence-corrected chi connectivity index (χ3v) is 3.70. The van der Waals surface area contributed by atoms with Crippen LogP contribution in [-0.4, -0.2) is 52.5 Å². The van der Waals surface area contributed by atoms with Gasteiger partial charge < -0.3 is 18.9 Å². The largest absolute Gasteiger partial charge is 0.389 e. The summed E-state index contributed by atoms with van der Waals surface area (Å²) in [6.45, 7) is 3.86. The normalized spacial score (nSPS) is 16.0. The van der Waals surface area contributed by atoms with Gasteiger partial charge in [-0.2, -0.15) is 13.2 Å². The molecule has 0 aromatic heterocycles. The number of methoxy groups -OCH3 is 2. The summed E-state index contributed by atoms with van der Waals surface area (Å²) in [6, 6.07) is 0. The molecule has 3 atom stereocenters. The van der Waals surface area contributed by atoms with Crippen LogP contribution < -0.4 is 0 Å². The Balaban J connectivity index is 4.66. The van der Waals surface area contributed by atoms with Crippen LogP contribution in [0.15, 0.2) is 0 Å². The van der Waals surface area contributed by atoms with Gasteiger partial charge in [0.2, 0.25) is 0 Å². The molecule has 0 aliphatic carbocycles. The molecule has 0 fully saturated rings. The number of halogens is 3. The van der Waals surface area contributed by atoms with Crippen molar-refractivity contribution >= 4 is 5.78 Å². The maximum atomic E-state index is 12.5. The van der Waals surface area contributed by atoms with Crippen molar-refractivity contribution in [2.24, 2.45) is 11.8 Å². The Hall–Kier alpha value is -0.700. The van der Waals surface area contributed by atoms with Crippen LogP contribution in [0.5, 0.6) is 0 Å². The van der Waals surface area contributed by atoms with Gasteiger partial charge in [-0.25, -0.2) is 0 Å². The monoisotopic (exact) mass is 358 g/mol.